The van der Waals surface area contributed by atoms with E-state index < -0.39 is 7.25 Å². The number of hydrogen-bond donors (Lipinski definition) is 0. The molecule has 0 bridgehead atoms. The minimum Gasteiger partial charge on any atom is -0.382 e. The lowest BCUT2D eigenvalue weighted by atomic mass is 9.96. The molecule has 0 amide bonds. The Morgan fingerprint density at radius 3 is 2.79 bits per heavy atom. The molecular weight excluding hydrogens is 201 g/mol. The van der Waals surface area contributed by atoms with Crippen molar-refractivity contribution in [3.05, 3.63) is 0 Å². The Morgan fingerprint density at radius 2 is 2.29 bits per heavy atom. The van der Waals surface area contributed by atoms with Gasteiger partial charge >= 0.3 is 0 Å². The monoisotopic (exact) mass is 218 g/mol. The van der Waals surface area contributed by atoms with Crippen LogP contribution in [0.3, 0.4) is 0 Å². The smallest absolute Gasteiger partial charge is 0.216 e. The van der Waals surface area contributed by atoms with E-state index in [-0.39, 0.29) is 18.2 Å². The molecule has 4 atom stereocenters. The summed E-state index contributed by atoms with van der Waals surface area (Å²) in [5.41, 5.74) is 0. The van der Waals surface area contributed by atoms with Gasteiger partial charge in [0.2, 0.25) is 7.57 Å². The molecule has 0 aromatic rings. The van der Waals surface area contributed by atoms with E-state index in [1.165, 1.54) is 0 Å². The number of rotatable bonds is 4. The predicted molar refractivity (Wildman–Crippen MR) is 60.6 cm³/mol. The molecule has 0 aromatic carbocycles. The molecule has 14 heavy (non-hydrogen) atoms. The van der Waals surface area contributed by atoms with Crippen molar-refractivity contribution in [2.24, 2.45) is 0 Å². The van der Waals surface area contributed by atoms with Crippen LogP contribution in [0.1, 0.15) is 6.42 Å². The summed E-state index contributed by atoms with van der Waals surface area (Å²) < 4.78 is 27.6. The van der Waals surface area contributed by atoms with Crippen molar-refractivity contribution in [3.63, 3.8) is 0 Å². The van der Waals surface area contributed by atoms with Crippen LogP contribution >= 0.6 is 7.25 Å². The Hall–Kier alpha value is 0.240. The minimum atomic E-state index is -2.44. The third-order valence-electron chi connectivity index (χ3n) is 2.11. The second-order valence-corrected chi connectivity index (χ2v) is 6.79. The highest BCUT2D eigenvalue weighted by molar-refractivity contribution is 7.82. The van der Waals surface area contributed by atoms with E-state index in [0.29, 0.717) is 6.61 Å². The lowest BCUT2D eigenvalue weighted by Gasteiger charge is -2.20. The predicted octanol–water partition coefficient (Wildman–Crippen LogP) is -0.778. The lowest BCUT2D eigenvalue weighted by molar-refractivity contribution is -0.00895. The normalized spacial score (nSPS) is 36.9. The van der Waals surface area contributed by atoms with Crippen LogP contribution in [0.15, 0.2) is 0 Å². The fourth-order valence-electron chi connectivity index (χ4n) is 1.67. The summed E-state index contributed by atoms with van der Waals surface area (Å²) in [5.74, 6) is 0. The van der Waals surface area contributed by atoms with Crippen LogP contribution in [0.4, 0.5) is 0 Å². The molecule has 80 valence electrons. The Kier molecular flexibility index (Phi) is 4.26. The SMILES string of the molecule is B[C@H]1C[C@@H](O[P@](B)(C)=O)[C@@H](COC)O1. The highest BCUT2D eigenvalue weighted by Crippen LogP contribution is 2.41. The van der Waals surface area contributed by atoms with Gasteiger partial charge in [0.25, 0.3) is 0 Å². The fraction of sp³-hybridized carbons (Fsp3) is 1.00. The van der Waals surface area contributed by atoms with Crippen molar-refractivity contribution in [2.75, 3.05) is 20.4 Å². The number of methoxy groups -OCH3 is 1. The van der Waals surface area contributed by atoms with Gasteiger partial charge in [0.1, 0.15) is 21.2 Å². The van der Waals surface area contributed by atoms with Crippen molar-refractivity contribution in [3.8, 4) is 0 Å². The van der Waals surface area contributed by atoms with Gasteiger partial charge in [0, 0.05) is 19.8 Å². The topological polar surface area (TPSA) is 44.8 Å². The average Bonchev–Trinajstić information content (AvgIpc) is 2.28. The van der Waals surface area contributed by atoms with Crippen LogP contribution in [0.5, 0.6) is 0 Å². The number of hydrogen-bond acceptors (Lipinski definition) is 4. The Morgan fingerprint density at radius 1 is 1.64 bits per heavy atom. The molecule has 1 heterocycles. The average molecular weight is 218 g/mol. The van der Waals surface area contributed by atoms with Crippen molar-refractivity contribution < 1.29 is 18.6 Å². The lowest BCUT2D eigenvalue weighted by Crippen LogP contribution is -2.28. The van der Waals surface area contributed by atoms with Crippen LogP contribution in [0.2, 0.25) is 0 Å². The first-order chi connectivity index (χ1) is 6.42. The molecule has 1 rings (SSSR count). The van der Waals surface area contributed by atoms with Crippen molar-refractivity contribution in [1.82, 2.24) is 0 Å². The molecule has 1 saturated heterocycles. The second-order valence-electron chi connectivity index (χ2n) is 4.07. The van der Waals surface area contributed by atoms with Crippen molar-refractivity contribution in [2.45, 2.75) is 24.6 Å². The quantitative estimate of drug-likeness (QED) is 0.458. The molecule has 0 unspecified atom stereocenters. The summed E-state index contributed by atoms with van der Waals surface area (Å²) in [6.07, 6.45) is 0.619. The first-order valence-corrected chi connectivity index (χ1v) is 7.32. The summed E-state index contributed by atoms with van der Waals surface area (Å²) in [6, 6.07) is 0.159. The zero-order chi connectivity index (χ0) is 10.8. The van der Waals surface area contributed by atoms with Crippen LogP contribution in [0.25, 0.3) is 0 Å². The molecule has 1 aliphatic rings. The zero-order valence-electron chi connectivity index (χ0n) is 9.23. The summed E-state index contributed by atoms with van der Waals surface area (Å²) in [5, 5.41) is 0. The third-order valence-corrected chi connectivity index (χ3v) is 2.88. The maximum absolute atomic E-state index is 11.5. The van der Waals surface area contributed by atoms with Gasteiger partial charge in [-0.25, -0.2) is 0 Å². The maximum atomic E-state index is 11.5. The summed E-state index contributed by atoms with van der Waals surface area (Å²) in [6.45, 7) is 2.12. The molecule has 0 saturated carbocycles. The van der Waals surface area contributed by atoms with E-state index in [1.54, 1.807) is 21.3 Å². The Labute approximate surface area is 86.9 Å². The van der Waals surface area contributed by atoms with Gasteiger partial charge in [-0.1, -0.05) is 0 Å². The van der Waals surface area contributed by atoms with E-state index in [1.807, 2.05) is 7.85 Å². The molecule has 7 heteroatoms. The maximum Gasteiger partial charge on any atom is 0.216 e. The molecule has 0 aliphatic carbocycles. The minimum absolute atomic E-state index is 0.0803. The molecule has 1 fully saturated rings. The van der Waals surface area contributed by atoms with E-state index >= 15 is 0 Å². The van der Waals surface area contributed by atoms with Gasteiger partial charge < -0.3 is 18.6 Å². The van der Waals surface area contributed by atoms with Crippen LogP contribution in [-0.2, 0) is 18.6 Å². The Balaban J connectivity index is 2.53. The van der Waals surface area contributed by atoms with Crippen LogP contribution in [-0.4, -0.2) is 54.0 Å². The van der Waals surface area contributed by atoms with Gasteiger partial charge in [-0.3, -0.25) is 0 Å². The molecule has 1 aliphatic heterocycles. The van der Waals surface area contributed by atoms with Gasteiger partial charge in [0.05, 0.1) is 12.7 Å². The second kappa shape index (κ2) is 4.84. The van der Waals surface area contributed by atoms with E-state index in [4.69, 9.17) is 14.0 Å². The molecule has 0 N–H and O–H groups in total. The zero-order valence-corrected chi connectivity index (χ0v) is 10.1. The van der Waals surface area contributed by atoms with Gasteiger partial charge in [-0.2, -0.15) is 0 Å². The fourth-order valence-corrected chi connectivity index (χ4v) is 2.54. The highest BCUT2D eigenvalue weighted by atomic mass is 31.2. The first kappa shape index (κ1) is 12.3. The molecule has 4 nitrogen and oxygen atoms in total. The molecule has 0 spiro atoms. The standard InChI is InChI=1S/C7H17B2O4P/c1-11-4-6-5(3-7(8)12-6)13-14(2,9)10/h5-7H,3-4,8-9H2,1-2H3/t5-,6-,7-,14+/m1/s1. The summed E-state index contributed by atoms with van der Waals surface area (Å²) >= 11 is 0. The summed E-state index contributed by atoms with van der Waals surface area (Å²) in [4.78, 5) is 0. The largest absolute Gasteiger partial charge is 0.382 e. The van der Waals surface area contributed by atoms with Crippen LogP contribution in [0, 0.1) is 0 Å². The molecule has 0 aromatic heterocycles. The highest BCUT2D eigenvalue weighted by Gasteiger charge is 2.35. The van der Waals surface area contributed by atoms with E-state index in [9.17, 15) is 4.57 Å². The van der Waals surface area contributed by atoms with Crippen molar-refractivity contribution in [1.29, 1.82) is 0 Å². The van der Waals surface area contributed by atoms with Crippen molar-refractivity contribution >= 4 is 22.7 Å². The van der Waals surface area contributed by atoms with Gasteiger partial charge in [-0.05, 0) is 6.42 Å². The molecule has 0 radical (unpaired) electrons. The van der Waals surface area contributed by atoms with E-state index in [0.717, 1.165) is 6.42 Å². The van der Waals surface area contributed by atoms with E-state index in [2.05, 4.69) is 0 Å². The Bertz CT molecular complexity index is 232. The number of ether oxygens (including phenoxy) is 2. The summed E-state index contributed by atoms with van der Waals surface area (Å²) in [7, 11) is 2.80. The van der Waals surface area contributed by atoms with Crippen LogP contribution < -0.4 is 0 Å². The molecular formula is C7H17B2O4P. The van der Waals surface area contributed by atoms with Gasteiger partial charge in [-0.15, -0.1) is 0 Å². The first-order valence-electron chi connectivity index (χ1n) is 4.80. The third kappa shape index (κ3) is 3.77. The van der Waals surface area contributed by atoms with Gasteiger partial charge in [0.15, 0.2) is 0 Å².